The topological polar surface area (TPSA) is 42.4 Å². The lowest BCUT2D eigenvalue weighted by molar-refractivity contribution is -0.181. The Labute approximate surface area is 113 Å². The first-order chi connectivity index (χ1) is 9.39. The van der Waals surface area contributed by atoms with Crippen LogP contribution >= 0.6 is 0 Å². The minimum absolute atomic E-state index is 0.0438. The average molecular weight is 294 g/mol. The molecule has 0 saturated carbocycles. The zero-order valence-electron chi connectivity index (χ0n) is 10.7. The van der Waals surface area contributed by atoms with E-state index in [2.05, 4.69) is 9.72 Å². The third-order valence-corrected chi connectivity index (χ3v) is 2.49. The van der Waals surface area contributed by atoms with Crippen molar-refractivity contribution in [3.8, 4) is 0 Å². The van der Waals surface area contributed by atoms with Crippen molar-refractivity contribution in [3.63, 3.8) is 0 Å². The molecule has 20 heavy (non-hydrogen) atoms. The monoisotopic (exact) mass is 294 g/mol. The SMILES string of the molecule is COCCN(Cc1ccccn1)C(=O)C(F)(F)C(F)F. The average Bonchev–Trinajstić information content (AvgIpc) is 2.43. The molecule has 1 aromatic rings. The summed E-state index contributed by atoms with van der Waals surface area (Å²) in [5, 5.41) is 0. The van der Waals surface area contributed by atoms with E-state index < -0.39 is 18.3 Å². The quantitative estimate of drug-likeness (QED) is 0.722. The van der Waals surface area contributed by atoms with Gasteiger partial charge in [-0.2, -0.15) is 8.78 Å². The molecule has 0 atom stereocenters. The van der Waals surface area contributed by atoms with E-state index in [1.165, 1.54) is 19.4 Å². The molecule has 0 N–H and O–H groups in total. The number of alkyl halides is 4. The summed E-state index contributed by atoms with van der Waals surface area (Å²) >= 11 is 0. The molecule has 0 bridgehead atoms. The summed E-state index contributed by atoms with van der Waals surface area (Å²) < 4.78 is 55.4. The van der Waals surface area contributed by atoms with E-state index in [4.69, 9.17) is 0 Å². The number of methoxy groups -OCH3 is 1. The van der Waals surface area contributed by atoms with Crippen LogP contribution in [0.15, 0.2) is 24.4 Å². The number of nitrogens with zero attached hydrogens (tertiary/aromatic N) is 2. The van der Waals surface area contributed by atoms with E-state index in [1.54, 1.807) is 12.1 Å². The molecule has 1 rings (SSSR count). The molecule has 112 valence electrons. The molecular formula is C12H14F4N2O2. The Morgan fingerprint density at radius 3 is 2.65 bits per heavy atom. The van der Waals surface area contributed by atoms with Crippen molar-refractivity contribution < 1.29 is 27.1 Å². The summed E-state index contributed by atoms with van der Waals surface area (Å²) in [5.41, 5.74) is 0.321. The Bertz CT molecular complexity index is 429. The summed E-state index contributed by atoms with van der Waals surface area (Å²) in [6, 6.07) is 4.72. The zero-order chi connectivity index (χ0) is 15.2. The maximum absolute atomic E-state index is 13.1. The molecule has 1 aromatic heterocycles. The zero-order valence-corrected chi connectivity index (χ0v) is 10.7. The van der Waals surface area contributed by atoms with E-state index in [-0.39, 0.29) is 19.7 Å². The molecule has 4 nitrogen and oxygen atoms in total. The maximum atomic E-state index is 13.1. The van der Waals surface area contributed by atoms with Gasteiger partial charge in [-0.1, -0.05) is 6.07 Å². The normalized spacial score (nSPS) is 11.7. The van der Waals surface area contributed by atoms with Crippen LogP contribution in [-0.4, -0.2) is 48.4 Å². The predicted octanol–water partition coefficient (Wildman–Crippen LogP) is 1.96. The molecule has 0 saturated heterocycles. The highest BCUT2D eigenvalue weighted by atomic mass is 19.3. The molecule has 0 radical (unpaired) electrons. The van der Waals surface area contributed by atoms with Gasteiger partial charge in [-0.15, -0.1) is 0 Å². The van der Waals surface area contributed by atoms with Crippen LogP contribution in [0.25, 0.3) is 0 Å². The Morgan fingerprint density at radius 2 is 2.15 bits per heavy atom. The number of carbonyl (C=O) groups is 1. The van der Waals surface area contributed by atoms with Gasteiger partial charge in [0.05, 0.1) is 18.8 Å². The largest absolute Gasteiger partial charge is 0.383 e. The smallest absolute Gasteiger partial charge is 0.383 e. The van der Waals surface area contributed by atoms with E-state index in [9.17, 15) is 22.4 Å². The summed E-state index contributed by atoms with van der Waals surface area (Å²) in [4.78, 5) is 16.0. The van der Waals surface area contributed by atoms with Gasteiger partial charge in [-0.05, 0) is 12.1 Å². The first-order valence-corrected chi connectivity index (χ1v) is 5.73. The number of hydrogen-bond donors (Lipinski definition) is 0. The van der Waals surface area contributed by atoms with E-state index in [1.807, 2.05) is 0 Å². The van der Waals surface area contributed by atoms with Crippen molar-refractivity contribution in [2.75, 3.05) is 20.3 Å². The van der Waals surface area contributed by atoms with Crippen molar-refractivity contribution in [1.29, 1.82) is 0 Å². The molecule has 0 aliphatic rings. The Morgan fingerprint density at radius 1 is 1.45 bits per heavy atom. The highest BCUT2D eigenvalue weighted by molar-refractivity contribution is 5.84. The molecule has 0 unspecified atom stereocenters. The number of hydrogen-bond acceptors (Lipinski definition) is 3. The van der Waals surface area contributed by atoms with Gasteiger partial charge in [0.25, 0.3) is 5.91 Å². The lowest BCUT2D eigenvalue weighted by Crippen LogP contribution is -2.48. The molecule has 0 fully saturated rings. The number of aromatic nitrogens is 1. The first-order valence-electron chi connectivity index (χ1n) is 5.73. The van der Waals surface area contributed by atoms with Gasteiger partial charge < -0.3 is 9.64 Å². The van der Waals surface area contributed by atoms with Crippen LogP contribution in [0, 0.1) is 0 Å². The molecule has 1 heterocycles. The molecule has 0 aliphatic carbocycles. The van der Waals surface area contributed by atoms with Crippen LogP contribution in [-0.2, 0) is 16.1 Å². The number of pyridine rings is 1. The fourth-order valence-electron chi connectivity index (χ4n) is 1.45. The second kappa shape index (κ2) is 7.18. The van der Waals surface area contributed by atoms with E-state index in [0.29, 0.717) is 10.6 Å². The van der Waals surface area contributed by atoms with Gasteiger partial charge in [-0.3, -0.25) is 9.78 Å². The van der Waals surface area contributed by atoms with Crippen molar-refractivity contribution in [2.45, 2.75) is 18.9 Å². The van der Waals surface area contributed by atoms with Gasteiger partial charge in [0.2, 0.25) is 0 Å². The van der Waals surface area contributed by atoms with Crippen LogP contribution in [0.4, 0.5) is 17.6 Å². The minimum Gasteiger partial charge on any atom is -0.383 e. The number of rotatable bonds is 7. The molecule has 1 amide bonds. The maximum Gasteiger partial charge on any atom is 0.383 e. The van der Waals surface area contributed by atoms with Crippen LogP contribution in [0.3, 0.4) is 0 Å². The van der Waals surface area contributed by atoms with Gasteiger partial charge in [0, 0.05) is 19.9 Å². The Balaban J connectivity index is 2.86. The summed E-state index contributed by atoms with van der Waals surface area (Å²) in [6.07, 6.45) is -2.64. The van der Waals surface area contributed by atoms with E-state index in [0.717, 1.165) is 0 Å². The Kier molecular flexibility index (Phi) is 5.87. The Hall–Kier alpha value is -1.70. The van der Waals surface area contributed by atoms with Gasteiger partial charge in [-0.25, -0.2) is 8.78 Å². The van der Waals surface area contributed by atoms with Crippen molar-refractivity contribution in [3.05, 3.63) is 30.1 Å². The van der Waals surface area contributed by atoms with Gasteiger partial charge in [0.1, 0.15) is 0 Å². The highest BCUT2D eigenvalue weighted by Gasteiger charge is 2.51. The predicted molar refractivity (Wildman–Crippen MR) is 62.5 cm³/mol. The van der Waals surface area contributed by atoms with Gasteiger partial charge in [0.15, 0.2) is 0 Å². The van der Waals surface area contributed by atoms with Crippen LogP contribution < -0.4 is 0 Å². The second-order valence-electron chi connectivity index (χ2n) is 3.96. The number of carbonyl (C=O) groups excluding carboxylic acids is 1. The summed E-state index contributed by atoms with van der Waals surface area (Å²) in [6.45, 7) is -0.558. The lowest BCUT2D eigenvalue weighted by atomic mass is 10.2. The van der Waals surface area contributed by atoms with Gasteiger partial charge >= 0.3 is 12.3 Å². The third kappa shape index (κ3) is 4.16. The number of ether oxygens (including phenoxy) is 1. The van der Waals surface area contributed by atoms with Crippen molar-refractivity contribution >= 4 is 5.91 Å². The highest BCUT2D eigenvalue weighted by Crippen LogP contribution is 2.26. The molecule has 0 aliphatic heterocycles. The minimum atomic E-state index is -4.72. The molecule has 0 aromatic carbocycles. The third-order valence-electron chi connectivity index (χ3n) is 2.49. The molecule has 8 heteroatoms. The van der Waals surface area contributed by atoms with Crippen LogP contribution in [0.5, 0.6) is 0 Å². The fourth-order valence-corrected chi connectivity index (χ4v) is 1.45. The lowest BCUT2D eigenvalue weighted by Gasteiger charge is -2.26. The number of halogens is 4. The first kappa shape index (κ1) is 16.4. The molecule has 0 spiro atoms. The second-order valence-corrected chi connectivity index (χ2v) is 3.96. The fraction of sp³-hybridized carbons (Fsp3) is 0.500. The standard InChI is InChI=1S/C12H14F4N2O2/c1-20-7-6-18(8-9-4-2-3-5-17-9)11(19)12(15,16)10(13)14/h2-5,10H,6-8H2,1H3. The summed E-state index contributed by atoms with van der Waals surface area (Å²) in [5.74, 6) is -6.65. The number of amides is 1. The summed E-state index contributed by atoms with van der Waals surface area (Å²) in [7, 11) is 1.31. The van der Waals surface area contributed by atoms with Crippen LogP contribution in [0.2, 0.25) is 0 Å². The van der Waals surface area contributed by atoms with Crippen LogP contribution in [0.1, 0.15) is 5.69 Å². The van der Waals surface area contributed by atoms with Crippen molar-refractivity contribution in [2.24, 2.45) is 0 Å². The van der Waals surface area contributed by atoms with Crippen molar-refractivity contribution in [1.82, 2.24) is 9.88 Å². The van der Waals surface area contributed by atoms with E-state index >= 15 is 0 Å². The molecular weight excluding hydrogens is 280 g/mol.